The Bertz CT molecular complexity index is 958. The third kappa shape index (κ3) is 6.34. The van der Waals surface area contributed by atoms with Crippen LogP contribution < -0.4 is 10.6 Å². The van der Waals surface area contributed by atoms with Gasteiger partial charge in [-0.05, 0) is 41.5 Å². The van der Waals surface area contributed by atoms with Crippen molar-refractivity contribution in [2.45, 2.75) is 58.0 Å². The average Bonchev–Trinajstić information content (AvgIpc) is 3.09. The molecule has 1 aliphatic carbocycles. The lowest BCUT2D eigenvalue weighted by Gasteiger charge is -2.23. The second kappa shape index (κ2) is 11.0. The van der Waals surface area contributed by atoms with Gasteiger partial charge in [0.25, 0.3) is 0 Å². The number of hydrogen-bond donors (Lipinski definition) is 3. The first-order valence-corrected chi connectivity index (χ1v) is 11.4. The van der Waals surface area contributed by atoms with Crippen LogP contribution in [0.3, 0.4) is 0 Å². The van der Waals surface area contributed by atoms with Crippen molar-refractivity contribution in [2.24, 2.45) is 5.92 Å². The molecule has 2 amide bonds. The summed E-state index contributed by atoms with van der Waals surface area (Å²) in [7, 11) is 0. The van der Waals surface area contributed by atoms with Gasteiger partial charge in [0.15, 0.2) is 0 Å². The predicted molar refractivity (Wildman–Crippen MR) is 126 cm³/mol. The number of aliphatic carboxylic acids is 1. The molecule has 7 nitrogen and oxygen atoms in total. The summed E-state index contributed by atoms with van der Waals surface area (Å²) in [4.78, 5) is 35.7. The number of nitrogens with one attached hydrogen (secondary N) is 2. The quantitative estimate of drug-likeness (QED) is 0.498. The molecule has 1 aliphatic rings. The highest BCUT2D eigenvalue weighted by Crippen LogP contribution is 2.44. The van der Waals surface area contributed by atoms with E-state index in [-0.39, 0.29) is 43.2 Å². The Balaban J connectivity index is 1.55. The Morgan fingerprint density at radius 1 is 0.939 bits per heavy atom. The van der Waals surface area contributed by atoms with Crippen molar-refractivity contribution >= 4 is 18.0 Å². The fourth-order valence-electron chi connectivity index (χ4n) is 4.19. The van der Waals surface area contributed by atoms with E-state index in [2.05, 4.69) is 34.9 Å². The van der Waals surface area contributed by atoms with Crippen LogP contribution in [0.25, 0.3) is 11.1 Å². The van der Waals surface area contributed by atoms with Gasteiger partial charge in [0, 0.05) is 30.8 Å². The van der Waals surface area contributed by atoms with Gasteiger partial charge < -0.3 is 20.5 Å². The monoisotopic (exact) mass is 452 g/mol. The van der Waals surface area contributed by atoms with E-state index < -0.39 is 18.1 Å². The molecule has 0 heterocycles. The fraction of sp³-hybridized carbons (Fsp3) is 0.423. The van der Waals surface area contributed by atoms with Crippen LogP contribution in [-0.4, -0.2) is 41.8 Å². The van der Waals surface area contributed by atoms with Gasteiger partial charge in [-0.1, -0.05) is 62.4 Å². The SMILES string of the molecule is CC(CCC(=O)O)NC(=O)C[C@@H](NC(=O)OCC1c2ccccc2-c2ccccc21)C(C)C. The van der Waals surface area contributed by atoms with Crippen molar-refractivity contribution in [1.82, 2.24) is 10.6 Å². The summed E-state index contributed by atoms with van der Waals surface area (Å²) >= 11 is 0. The van der Waals surface area contributed by atoms with Gasteiger partial charge >= 0.3 is 12.1 Å². The first-order chi connectivity index (χ1) is 15.8. The van der Waals surface area contributed by atoms with E-state index >= 15 is 0 Å². The van der Waals surface area contributed by atoms with Crippen molar-refractivity contribution in [1.29, 1.82) is 0 Å². The lowest BCUT2D eigenvalue weighted by molar-refractivity contribution is -0.137. The Kier molecular flexibility index (Phi) is 8.09. The molecule has 0 saturated heterocycles. The predicted octanol–water partition coefficient (Wildman–Crippen LogP) is 4.31. The van der Waals surface area contributed by atoms with Crippen LogP contribution in [0.1, 0.15) is 57.1 Å². The van der Waals surface area contributed by atoms with E-state index in [4.69, 9.17) is 9.84 Å². The number of carbonyl (C=O) groups is 3. The van der Waals surface area contributed by atoms with E-state index in [1.807, 2.05) is 38.1 Å². The van der Waals surface area contributed by atoms with Crippen LogP contribution in [0.4, 0.5) is 4.79 Å². The number of hydrogen-bond acceptors (Lipinski definition) is 4. The molecular formula is C26H32N2O5. The number of benzene rings is 2. The minimum atomic E-state index is -0.895. The number of carbonyl (C=O) groups excluding carboxylic acids is 2. The van der Waals surface area contributed by atoms with E-state index in [1.165, 1.54) is 0 Å². The molecule has 7 heteroatoms. The number of ether oxygens (including phenoxy) is 1. The van der Waals surface area contributed by atoms with E-state index in [9.17, 15) is 14.4 Å². The molecule has 3 N–H and O–H groups in total. The van der Waals surface area contributed by atoms with Crippen molar-refractivity contribution < 1.29 is 24.2 Å². The second-order valence-corrected chi connectivity index (χ2v) is 8.93. The topological polar surface area (TPSA) is 105 Å². The van der Waals surface area contributed by atoms with Gasteiger partial charge in [0.05, 0.1) is 0 Å². The second-order valence-electron chi connectivity index (χ2n) is 8.93. The number of fused-ring (bicyclic) bond motifs is 3. The molecule has 0 saturated carbocycles. The zero-order chi connectivity index (χ0) is 24.0. The Labute approximate surface area is 194 Å². The minimum Gasteiger partial charge on any atom is -0.481 e. The third-order valence-electron chi connectivity index (χ3n) is 6.06. The highest BCUT2D eigenvalue weighted by molar-refractivity contribution is 5.80. The highest BCUT2D eigenvalue weighted by Gasteiger charge is 2.29. The molecule has 0 fully saturated rings. The number of rotatable bonds is 10. The summed E-state index contributed by atoms with van der Waals surface area (Å²) in [5.41, 5.74) is 4.61. The maximum Gasteiger partial charge on any atom is 0.407 e. The number of amides is 2. The molecule has 33 heavy (non-hydrogen) atoms. The summed E-state index contributed by atoms with van der Waals surface area (Å²) in [6, 6.07) is 15.6. The Morgan fingerprint density at radius 2 is 1.52 bits per heavy atom. The molecule has 0 aliphatic heterocycles. The molecule has 176 valence electrons. The van der Waals surface area contributed by atoms with Crippen LogP contribution in [0, 0.1) is 5.92 Å². The van der Waals surface area contributed by atoms with Gasteiger partial charge in [-0.2, -0.15) is 0 Å². The normalized spacial score (nSPS) is 14.2. The Morgan fingerprint density at radius 3 is 2.06 bits per heavy atom. The molecule has 0 spiro atoms. The van der Waals surface area contributed by atoms with Crippen LogP contribution in [0.15, 0.2) is 48.5 Å². The third-order valence-corrected chi connectivity index (χ3v) is 6.06. The van der Waals surface area contributed by atoms with Crippen LogP contribution in [0.2, 0.25) is 0 Å². The van der Waals surface area contributed by atoms with E-state index in [0.29, 0.717) is 6.42 Å². The average molecular weight is 453 g/mol. The van der Waals surface area contributed by atoms with E-state index in [1.54, 1.807) is 6.92 Å². The van der Waals surface area contributed by atoms with Gasteiger partial charge in [-0.3, -0.25) is 9.59 Å². The number of carboxylic acids is 1. The zero-order valence-corrected chi connectivity index (χ0v) is 19.3. The van der Waals surface area contributed by atoms with Gasteiger partial charge in [-0.25, -0.2) is 4.79 Å². The largest absolute Gasteiger partial charge is 0.481 e. The molecule has 0 bridgehead atoms. The van der Waals surface area contributed by atoms with Gasteiger partial charge in [0.2, 0.25) is 5.91 Å². The smallest absolute Gasteiger partial charge is 0.407 e. The van der Waals surface area contributed by atoms with Crippen molar-refractivity contribution in [2.75, 3.05) is 6.61 Å². The molecule has 1 unspecified atom stereocenters. The summed E-state index contributed by atoms with van der Waals surface area (Å²) < 4.78 is 5.60. The molecule has 0 radical (unpaired) electrons. The minimum absolute atomic E-state index is 0.00689. The zero-order valence-electron chi connectivity index (χ0n) is 19.3. The lowest BCUT2D eigenvalue weighted by atomic mass is 9.98. The standard InChI is InChI=1S/C26H32N2O5/c1-16(2)23(14-24(29)27-17(3)12-13-25(30)31)28-26(32)33-15-22-20-10-6-4-8-18(20)19-9-5-7-11-21(19)22/h4-11,16-17,22-23H,12-15H2,1-3H3,(H,27,29)(H,28,32)(H,30,31)/t17?,23-/m1/s1. The lowest BCUT2D eigenvalue weighted by Crippen LogP contribution is -2.44. The summed E-state index contributed by atoms with van der Waals surface area (Å²) in [6.45, 7) is 5.83. The first kappa shape index (κ1) is 24.3. The number of alkyl carbamates (subject to hydrolysis) is 1. The first-order valence-electron chi connectivity index (χ1n) is 11.4. The highest BCUT2D eigenvalue weighted by atomic mass is 16.5. The van der Waals surface area contributed by atoms with Gasteiger partial charge in [0.1, 0.15) is 6.61 Å². The molecule has 2 atom stereocenters. The van der Waals surface area contributed by atoms with Gasteiger partial charge in [-0.15, -0.1) is 0 Å². The van der Waals surface area contributed by atoms with Crippen molar-refractivity contribution in [3.8, 4) is 11.1 Å². The molecule has 2 aromatic carbocycles. The molecular weight excluding hydrogens is 420 g/mol. The summed E-state index contributed by atoms with van der Waals surface area (Å²) in [5.74, 6) is -1.14. The van der Waals surface area contributed by atoms with E-state index in [0.717, 1.165) is 22.3 Å². The molecule has 0 aromatic heterocycles. The molecule has 2 aromatic rings. The Hall–Kier alpha value is -3.35. The van der Waals surface area contributed by atoms with Crippen molar-refractivity contribution in [3.05, 3.63) is 59.7 Å². The summed E-state index contributed by atoms with van der Waals surface area (Å²) in [5, 5.41) is 14.4. The van der Waals surface area contributed by atoms with Crippen LogP contribution in [-0.2, 0) is 14.3 Å². The maximum atomic E-state index is 12.6. The van der Waals surface area contributed by atoms with Crippen LogP contribution in [0.5, 0.6) is 0 Å². The van der Waals surface area contributed by atoms with Crippen LogP contribution >= 0.6 is 0 Å². The maximum absolute atomic E-state index is 12.6. The molecule has 3 rings (SSSR count). The number of carboxylic acid groups (broad SMARTS) is 1. The summed E-state index contributed by atoms with van der Waals surface area (Å²) in [6.07, 6.45) is -0.109. The fourth-order valence-corrected chi connectivity index (χ4v) is 4.19. The van der Waals surface area contributed by atoms with Crippen molar-refractivity contribution in [3.63, 3.8) is 0 Å².